The number of hydrogen-bond acceptors (Lipinski definition) is 3. The fourth-order valence-electron chi connectivity index (χ4n) is 2.83. The van der Waals surface area contributed by atoms with E-state index in [1.807, 2.05) is 24.3 Å². The molecule has 1 fully saturated rings. The van der Waals surface area contributed by atoms with Crippen LogP contribution in [0, 0.1) is 5.92 Å². The number of aliphatic hydroxyl groups is 1. The molecule has 1 aromatic carbocycles. The van der Waals surface area contributed by atoms with Gasteiger partial charge in [-0.1, -0.05) is 19.1 Å². The normalized spacial score (nSPS) is 21.4. The number of rotatable bonds is 4. The summed E-state index contributed by atoms with van der Waals surface area (Å²) < 4.78 is 0. The van der Waals surface area contributed by atoms with Gasteiger partial charge in [0, 0.05) is 25.7 Å². The second-order valence-corrected chi connectivity index (χ2v) is 5.83. The molecule has 1 saturated heterocycles. The number of anilines is 1. The fraction of sp³-hybridized carbons (Fsp3) is 0.562. The van der Waals surface area contributed by atoms with Gasteiger partial charge in [0.15, 0.2) is 0 Å². The van der Waals surface area contributed by atoms with E-state index in [-0.39, 0.29) is 5.91 Å². The average molecular weight is 276 g/mol. The molecule has 1 aliphatic rings. The number of piperidine rings is 1. The monoisotopic (exact) mass is 276 g/mol. The van der Waals surface area contributed by atoms with E-state index in [0.29, 0.717) is 12.5 Å². The number of carbonyl (C=O) groups is 1. The third kappa shape index (κ3) is 4.32. The summed E-state index contributed by atoms with van der Waals surface area (Å²) >= 11 is 0. The number of benzene rings is 1. The number of β-amino-alcohol motifs (C(OH)–C–C–N with tert-alkyl or cyclic N) is 1. The summed E-state index contributed by atoms with van der Waals surface area (Å²) in [7, 11) is 0. The van der Waals surface area contributed by atoms with Gasteiger partial charge in [-0.05, 0) is 43.0 Å². The van der Waals surface area contributed by atoms with Crippen LogP contribution in [0.1, 0.15) is 38.4 Å². The molecule has 1 amide bonds. The summed E-state index contributed by atoms with van der Waals surface area (Å²) in [6.07, 6.45) is 1.98. The van der Waals surface area contributed by atoms with Crippen molar-refractivity contribution in [3.8, 4) is 0 Å². The smallest absolute Gasteiger partial charge is 0.221 e. The van der Waals surface area contributed by atoms with E-state index in [9.17, 15) is 9.90 Å². The SMILES string of the molecule is CC(=O)Nc1cccc(C(O)CN2CCCC(C)C2)c1. The molecule has 0 spiro atoms. The van der Waals surface area contributed by atoms with Gasteiger partial charge >= 0.3 is 0 Å². The summed E-state index contributed by atoms with van der Waals surface area (Å²) in [5, 5.41) is 13.1. The summed E-state index contributed by atoms with van der Waals surface area (Å²) in [5.41, 5.74) is 1.59. The summed E-state index contributed by atoms with van der Waals surface area (Å²) in [6, 6.07) is 7.45. The van der Waals surface area contributed by atoms with Crippen LogP contribution in [0.5, 0.6) is 0 Å². The third-order valence-electron chi connectivity index (χ3n) is 3.76. The highest BCUT2D eigenvalue weighted by Gasteiger charge is 2.19. The molecule has 0 bridgehead atoms. The lowest BCUT2D eigenvalue weighted by Crippen LogP contribution is -2.37. The molecule has 0 aromatic heterocycles. The van der Waals surface area contributed by atoms with Crippen LogP contribution in [0.3, 0.4) is 0 Å². The standard InChI is InChI=1S/C16H24N2O2/c1-12-5-4-8-18(10-12)11-16(20)14-6-3-7-15(9-14)17-13(2)19/h3,6-7,9,12,16,20H,4-5,8,10-11H2,1-2H3,(H,17,19). The van der Waals surface area contributed by atoms with Crippen molar-refractivity contribution in [3.63, 3.8) is 0 Å². The summed E-state index contributed by atoms with van der Waals surface area (Å²) in [6.45, 7) is 6.53. The lowest BCUT2D eigenvalue weighted by molar-refractivity contribution is -0.114. The van der Waals surface area contributed by atoms with Gasteiger partial charge in [-0.25, -0.2) is 0 Å². The molecule has 0 radical (unpaired) electrons. The Morgan fingerprint density at radius 1 is 1.55 bits per heavy atom. The molecular weight excluding hydrogens is 252 g/mol. The highest BCUT2D eigenvalue weighted by Crippen LogP contribution is 2.22. The van der Waals surface area contributed by atoms with E-state index < -0.39 is 6.10 Å². The van der Waals surface area contributed by atoms with Gasteiger partial charge in [0.2, 0.25) is 5.91 Å². The van der Waals surface area contributed by atoms with Crippen LogP contribution in [0.15, 0.2) is 24.3 Å². The number of amides is 1. The van der Waals surface area contributed by atoms with Crippen LogP contribution in [0.4, 0.5) is 5.69 Å². The second kappa shape index (κ2) is 6.86. The van der Waals surface area contributed by atoms with E-state index in [2.05, 4.69) is 17.1 Å². The maximum Gasteiger partial charge on any atom is 0.221 e. The zero-order valence-electron chi connectivity index (χ0n) is 12.3. The largest absolute Gasteiger partial charge is 0.387 e. The van der Waals surface area contributed by atoms with Gasteiger partial charge in [-0.15, -0.1) is 0 Å². The average Bonchev–Trinajstić information content (AvgIpc) is 2.38. The third-order valence-corrected chi connectivity index (χ3v) is 3.76. The van der Waals surface area contributed by atoms with Crippen LogP contribution < -0.4 is 5.32 Å². The Morgan fingerprint density at radius 3 is 3.05 bits per heavy atom. The molecule has 4 heteroatoms. The highest BCUT2D eigenvalue weighted by atomic mass is 16.3. The molecule has 20 heavy (non-hydrogen) atoms. The van der Waals surface area contributed by atoms with Gasteiger partial charge in [0.1, 0.15) is 0 Å². The molecule has 0 saturated carbocycles. The van der Waals surface area contributed by atoms with Crippen LogP contribution in [0.25, 0.3) is 0 Å². The van der Waals surface area contributed by atoms with Crippen LogP contribution >= 0.6 is 0 Å². The number of carbonyl (C=O) groups excluding carboxylic acids is 1. The second-order valence-electron chi connectivity index (χ2n) is 5.83. The number of aliphatic hydroxyl groups excluding tert-OH is 1. The lowest BCUT2D eigenvalue weighted by Gasteiger charge is -2.32. The Labute approximate surface area is 120 Å². The Bertz CT molecular complexity index is 462. The van der Waals surface area contributed by atoms with Crippen molar-refractivity contribution < 1.29 is 9.90 Å². The van der Waals surface area contributed by atoms with Gasteiger partial charge in [-0.2, -0.15) is 0 Å². The number of hydrogen-bond donors (Lipinski definition) is 2. The first-order chi connectivity index (χ1) is 9.54. The first-order valence-electron chi connectivity index (χ1n) is 7.32. The van der Waals surface area contributed by atoms with Crippen molar-refractivity contribution in [2.75, 3.05) is 25.0 Å². The van der Waals surface area contributed by atoms with Crippen molar-refractivity contribution >= 4 is 11.6 Å². The maximum atomic E-state index is 11.1. The molecule has 1 aliphatic heterocycles. The zero-order chi connectivity index (χ0) is 14.5. The van der Waals surface area contributed by atoms with Crippen molar-refractivity contribution in [1.82, 2.24) is 4.90 Å². The Morgan fingerprint density at radius 2 is 2.35 bits per heavy atom. The molecule has 0 aliphatic carbocycles. The topological polar surface area (TPSA) is 52.6 Å². The molecule has 2 unspecified atom stereocenters. The summed E-state index contributed by atoms with van der Waals surface area (Å²) in [4.78, 5) is 13.4. The van der Waals surface area contributed by atoms with Crippen LogP contribution in [0.2, 0.25) is 0 Å². The van der Waals surface area contributed by atoms with E-state index in [1.165, 1.54) is 19.8 Å². The molecule has 1 heterocycles. The quantitative estimate of drug-likeness (QED) is 0.888. The van der Waals surface area contributed by atoms with Gasteiger partial charge < -0.3 is 15.3 Å². The lowest BCUT2D eigenvalue weighted by atomic mass is 9.99. The predicted octanol–water partition coefficient (Wildman–Crippen LogP) is 2.41. The molecule has 110 valence electrons. The van der Waals surface area contributed by atoms with Crippen LogP contribution in [-0.4, -0.2) is 35.5 Å². The minimum absolute atomic E-state index is 0.0958. The molecule has 1 aromatic rings. The Hall–Kier alpha value is -1.39. The zero-order valence-corrected chi connectivity index (χ0v) is 12.3. The van der Waals surface area contributed by atoms with Gasteiger partial charge in [-0.3, -0.25) is 4.79 Å². The van der Waals surface area contributed by atoms with Crippen molar-refractivity contribution in [1.29, 1.82) is 0 Å². The van der Waals surface area contributed by atoms with E-state index in [1.54, 1.807) is 0 Å². The van der Waals surface area contributed by atoms with Crippen molar-refractivity contribution in [2.45, 2.75) is 32.8 Å². The van der Waals surface area contributed by atoms with Gasteiger partial charge in [0.05, 0.1) is 6.10 Å². The number of likely N-dealkylation sites (tertiary alicyclic amines) is 1. The van der Waals surface area contributed by atoms with Crippen molar-refractivity contribution in [2.24, 2.45) is 5.92 Å². The van der Waals surface area contributed by atoms with Gasteiger partial charge in [0.25, 0.3) is 0 Å². The molecule has 2 atom stereocenters. The number of nitrogens with zero attached hydrogens (tertiary/aromatic N) is 1. The highest BCUT2D eigenvalue weighted by molar-refractivity contribution is 5.88. The van der Waals surface area contributed by atoms with E-state index >= 15 is 0 Å². The minimum atomic E-state index is -0.506. The van der Waals surface area contributed by atoms with Crippen LogP contribution in [-0.2, 0) is 4.79 Å². The number of nitrogens with one attached hydrogen (secondary N) is 1. The predicted molar refractivity (Wildman–Crippen MR) is 80.5 cm³/mol. The Balaban J connectivity index is 1.97. The molecule has 4 nitrogen and oxygen atoms in total. The Kier molecular flexibility index (Phi) is 5.15. The van der Waals surface area contributed by atoms with E-state index in [4.69, 9.17) is 0 Å². The maximum absolute atomic E-state index is 11.1. The fourth-order valence-corrected chi connectivity index (χ4v) is 2.83. The first-order valence-corrected chi connectivity index (χ1v) is 7.32. The summed E-state index contributed by atoms with van der Waals surface area (Å²) in [5.74, 6) is 0.614. The van der Waals surface area contributed by atoms with E-state index in [0.717, 1.165) is 24.3 Å². The van der Waals surface area contributed by atoms with Crippen molar-refractivity contribution in [3.05, 3.63) is 29.8 Å². The first kappa shape index (κ1) is 15.0. The molecule has 2 rings (SSSR count). The minimum Gasteiger partial charge on any atom is -0.387 e. The molecular formula is C16H24N2O2. The molecule has 2 N–H and O–H groups in total.